The summed E-state index contributed by atoms with van der Waals surface area (Å²) in [7, 11) is 0. The topological polar surface area (TPSA) is 54.7 Å². The molecule has 1 N–H and O–H groups in total. The Morgan fingerprint density at radius 2 is 2.00 bits per heavy atom. The second-order valence-corrected chi connectivity index (χ2v) is 7.50. The first kappa shape index (κ1) is 20.2. The van der Waals surface area contributed by atoms with Gasteiger partial charge < -0.3 is 14.5 Å². The van der Waals surface area contributed by atoms with Gasteiger partial charge in [0, 0.05) is 36.1 Å². The minimum Gasteiger partial charge on any atom is -0.465 e. The van der Waals surface area contributed by atoms with Crippen molar-refractivity contribution in [1.82, 2.24) is 10.2 Å². The zero-order valence-corrected chi connectivity index (χ0v) is 16.9. The molecule has 5 nitrogen and oxygen atoms in total. The molecule has 1 amide bonds. The van der Waals surface area contributed by atoms with E-state index in [0.717, 1.165) is 30.2 Å². The van der Waals surface area contributed by atoms with Crippen molar-refractivity contribution in [1.29, 1.82) is 0 Å². The number of amides is 1. The van der Waals surface area contributed by atoms with E-state index < -0.39 is 0 Å². The molecule has 0 spiro atoms. The van der Waals surface area contributed by atoms with Gasteiger partial charge in [0.2, 0.25) is 5.91 Å². The highest BCUT2D eigenvalue weighted by Gasteiger charge is 2.25. The van der Waals surface area contributed by atoms with Crippen LogP contribution in [0, 0.1) is 6.92 Å². The number of nitrogens with zero attached hydrogens (tertiary/aromatic N) is 1. The van der Waals surface area contributed by atoms with Crippen LogP contribution in [0.25, 0.3) is 0 Å². The molecule has 2 heterocycles. The van der Waals surface area contributed by atoms with Gasteiger partial charge in [-0.1, -0.05) is 29.3 Å². The highest BCUT2D eigenvalue weighted by atomic mass is 35.5. The van der Waals surface area contributed by atoms with E-state index in [0.29, 0.717) is 42.6 Å². The summed E-state index contributed by atoms with van der Waals surface area (Å²) < 4.78 is 11.3. The molecule has 1 aliphatic rings. The van der Waals surface area contributed by atoms with Crippen molar-refractivity contribution >= 4 is 29.1 Å². The summed E-state index contributed by atoms with van der Waals surface area (Å²) in [6.45, 7) is 5.45. The number of ether oxygens (including phenoxy) is 1. The van der Waals surface area contributed by atoms with Gasteiger partial charge in [-0.2, -0.15) is 0 Å². The fourth-order valence-electron chi connectivity index (χ4n) is 3.20. The summed E-state index contributed by atoms with van der Waals surface area (Å²) in [5.41, 5.74) is 0.919. The first-order valence-electron chi connectivity index (χ1n) is 9.11. The summed E-state index contributed by atoms with van der Waals surface area (Å²) >= 11 is 12.1. The van der Waals surface area contributed by atoms with Crippen LogP contribution in [0.2, 0.25) is 10.0 Å². The second kappa shape index (κ2) is 9.60. The molecule has 7 heteroatoms. The number of carbonyl (C=O) groups is 1. The lowest BCUT2D eigenvalue weighted by Gasteiger charge is -2.33. The third kappa shape index (κ3) is 5.72. The zero-order valence-electron chi connectivity index (χ0n) is 15.3. The molecule has 1 saturated heterocycles. The maximum atomic E-state index is 12.4. The van der Waals surface area contributed by atoms with Crippen LogP contribution in [-0.4, -0.2) is 43.7 Å². The molecule has 1 atom stereocenters. The predicted octanol–water partition coefficient (Wildman–Crippen LogP) is 4.02. The number of hydrogen-bond donors (Lipinski definition) is 1. The fraction of sp³-hybridized carbons (Fsp3) is 0.450. The lowest BCUT2D eigenvalue weighted by atomic mass is 10.1. The molecule has 1 aromatic carbocycles. The number of benzene rings is 1. The zero-order chi connectivity index (χ0) is 19.2. The number of morpholine rings is 1. The van der Waals surface area contributed by atoms with Crippen LogP contribution >= 0.6 is 23.2 Å². The minimum atomic E-state index is -0.0115. The van der Waals surface area contributed by atoms with E-state index in [4.69, 9.17) is 32.4 Å². The molecule has 146 valence electrons. The van der Waals surface area contributed by atoms with E-state index in [1.54, 1.807) is 12.1 Å². The van der Waals surface area contributed by atoms with Crippen molar-refractivity contribution in [2.75, 3.05) is 32.8 Å². The van der Waals surface area contributed by atoms with Gasteiger partial charge in [0.05, 0.1) is 19.3 Å². The third-order valence-corrected chi connectivity index (χ3v) is 5.29. The van der Waals surface area contributed by atoms with Crippen LogP contribution in [0.15, 0.2) is 34.7 Å². The van der Waals surface area contributed by atoms with Crippen LogP contribution in [0.4, 0.5) is 0 Å². The first-order chi connectivity index (χ1) is 13.0. The van der Waals surface area contributed by atoms with Crippen molar-refractivity contribution in [2.24, 2.45) is 0 Å². The normalized spacial score (nSPS) is 16.3. The SMILES string of the molecule is Cc1ccc([C@@H](CNC(=O)CCc2ccc(Cl)cc2Cl)N2CCOCC2)o1. The molecule has 0 aliphatic carbocycles. The van der Waals surface area contributed by atoms with E-state index in [9.17, 15) is 4.79 Å². The van der Waals surface area contributed by atoms with E-state index in [1.807, 2.05) is 25.1 Å². The number of halogens is 2. The Hall–Kier alpha value is -1.53. The molecule has 1 aromatic heterocycles. The monoisotopic (exact) mass is 410 g/mol. The van der Waals surface area contributed by atoms with Gasteiger partial charge >= 0.3 is 0 Å². The molecule has 0 saturated carbocycles. The number of rotatable bonds is 7. The number of carbonyl (C=O) groups excluding carboxylic acids is 1. The molecular weight excluding hydrogens is 387 g/mol. The maximum absolute atomic E-state index is 12.4. The standard InChI is InChI=1S/C20H24Cl2N2O3/c1-14-2-6-19(27-14)18(24-8-10-26-11-9-24)13-23-20(25)7-4-15-3-5-16(21)12-17(15)22/h2-3,5-6,12,18H,4,7-11,13H2,1H3,(H,23,25)/t18-/m1/s1. The Kier molecular flexibility index (Phi) is 7.19. The Labute approximate surface area is 169 Å². The molecule has 27 heavy (non-hydrogen) atoms. The number of furan rings is 1. The first-order valence-corrected chi connectivity index (χ1v) is 9.87. The molecule has 3 rings (SSSR count). The number of hydrogen-bond acceptors (Lipinski definition) is 4. The Morgan fingerprint density at radius 1 is 1.22 bits per heavy atom. The Morgan fingerprint density at radius 3 is 2.67 bits per heavy atom. The van der Waals surface area contributed by atoms with E-state index in [-0.39, 0.29) is 11.9 Å². The summed E-state index contributed by atoms with van der Waals surface area (Å²) in [5, 5.41) is 4.22. The highest BCUT2D eigenvalue weighted by Crippen LogP contribution is 2.24. The van der Waals surface area contributed by atoms with Crippen molar-refractivity contribution in [3.8, 4) is 0 Å². The molecule has 1 fully saturated rings. The van der Waals surface area contributed by atoms with Crippen LogP contribution in [0.1, 0.15) is 29.5 Å². The average molecular weight is 411 g/mol. The van der Waals surface area contributed by atoms with E-state index in [2.05, 4.69) is 10.2 Å². The summed E-state index contributed by atoms with van der Waals surface area (Å²) in [5.74, 6) is 1.73. The molecular formula is C20H24Cl2N2O3. The van der Waals surface area contributed by atoms with Gasteiger partial charge in [0.25, 0.3) is 0 Å². The predicted molar refractivity (Wildman–Crippen MR) is 106 cm³/mol. The molecule has 0 bridgehead atoms. The lowest BCUT2D eigenvalue weighted by Crippen LogP contribution is -2.43. The lowest BCUT2D eigenvalue weighted by molar-refractivity contribution is -0.121. The highest BCUT2D eigenvalue weighted by molar-refractivity contribution is 6.35. The second-order valence-electron chi connectivity index (χ2n) is 6.65. The van der Waals surface area contributed by atoms with Gasteiger partial charge in [-0.3, -0.25) is 9.69 Å². The fourth-order valence-corrected chi connectivity index (χ4v) is 3.71. The summed E-state index contributed by atoms with van der Waals surface area (Å²) in [6.07, 6.45) is 0.943. The van der Waals surface area contributed by atoms with E-state index in [1.165, 1.54) is 0 Å². The molecule has 1 aliphatic heterocycles. The van der Waals surface area contributed by atoms with E-state index >= 15 is 0 Å². The largest absolute Gasteiger partial charge is 0.465 e. The van der Waals surface area contributed by atoms with Crippen molar-refractivity contribution in [2.45, 2.75) is 25.8 Å². The number of nitrogens with one attached hydrogen (secondary N) is 1. The van der Waals surface area contributed by atoms with Crippen molar-refractivity contribution in [3.63, 3.8) is 0 Å². The van der Waals surface area contributed by atoms with Crippen LogP contribution in [-0.2, 0) is 16.0 Å². The summed E-state index contributed by atoms with van der Waals surface area (Å²) in [6, 6.07) is 9.28. The quantitative estimate of drug-likeness (QED) is 0.748. The smallest absolute Gasteiger partial charge is 0.220 e. The summed E-state index contributed by atoms with van der Waals surface area (Å²) in [4.78, 5) is 14.7. The molecule has 0 radical (unpaired) electrons. The van der Waals surface area contributed by atoms with Crippen molar-refractivity contribution < 1.29 is 13.9 Å². The minimum absolute atomic E-state index is 0.00525. The number of aryl methyl sites for hydroxylation is 2. The van der Waals surface area contributed by atoms with Gasteiger partial charge in [-0.05, 0) is 43.2 Å². The van der Waals surface area contributed by atoms with Crippen molar-refractivity contribution in [3.05, 3.63) is 57.5 Å². The average Bonchev–Trinajstić information content (AvgIpc) is 3.08. The Bertz CT molecular complexity index is 772. The Balaban J connectivity index is 1.56. The third-order valence-electron chi connectivity index (χ3n) is 4.71. The maximum Gasteiger partial charge on any atom is 0.220 e. The van der Waals surface area contributed by atoms with Gasteiger partial charge in [-0.15, -0.1) is 0 Å². The molecule has 0 unspecified atom stereocenters. The van der Waals surface area contributed by atoms with Crippen LogP contribution in [0.5, 0.6) is 0 Å². The van der Waals surface area contributed by atoms with Gasteiger partial charge in [0.1, 0.15) is 11.5 Å². The van der Waals surface area contributed by atoms with Crippen LogP contribution < -0.4 is 5.32 Å². The van der Waals surface area contributed by atoms with Gasteiger partial charge in [-0.25, -0.2) is 0 Å². The molecule has 2 aromatic rings. The van der Waals surface area contributed by atoms with Crippen LogP contribution in [0.3, 0.4) is 0 Å². The van der Waals surface area contributed by atoms with Gasteiger partial charge in [0.15, 0.2) is 0 Å².